The number of hydrogen-bond donors (Lipinski definition) is 1. The average Bonchev–Trinajstić information content (AvgIpc) is 3.19. The molecule has 5 rings (SSSR count). The van der Waals surface area contributed by atoms with Gasteiger partial charge in [0.05, 0.1) is 12.6 Å². The maximum Gasteiger partial charge on any atom is 0.246 e. The molecule has 2 aromatic carbocycles. The van der Waals surface area contributed by atoms with Crippen molar-refractivity contribution in [2.24, 2.45) is 0 Å². The predicted molar refractivity (Wildman–Crippen MR) is 128 cm³/mol. The van der Waals surface area contributed by atoms with Gasteiger partial charge in [-0.2, -0.15) is 0 Å². The molecule has 2 aliphatic heterocycles. The Balaban J connectivity index is 1.60. The second kappa shape index (κ2) is 8.67. The van der Waals surface area contributed by atoms with Crippen LogP contribution in [0, 0.1) is 0 Å². The quantitative estimate of drug-likeness (QED) is 0.583. The first kappa shape index (κ1) is 21.7. The number of amides is 2. The molecule has 1 N–H and O–H groups in total. The topological polar surface area (TPSA) is 65.6 Å². The largest absolute Gasteiger partial charge is 0.385 e. The van der Waals surface area contributed by atoms with E-state index in [9.17, 15) is 9.59 Å². The van der Waals surface area contributed by atoms with E-state index in [4.69, 9.17) is 4.74 Å². The molecule has 0 aliphatic carbocycles. The normalized spacial score (nSPS) is 20.5. The van der Waals surface area contributed by atoms with Crippen LogP contribution in [-0.4, -0.2) is 59.4 Å². The SMILES string of the molecule is COCCCN1CC(=O)N2[C@H](c3ccc(C(C)C)cc3)c3[nH]c4ccccc4c3C[C@H]2C1=O. The molecule has 0 radical (unpaired) electrons. The molecule has 0 unspecified atom stereocenters. The molecule has 0 spiro atoms. The molecule has 0 saturated carbocycles. The van der Waals surface area contributed by atoms with Gasteiger partial charge in [-0.3, -0.25) is 9.59 Å². The van der Waals surface area contributed by atoms with Crippen molar-refractivity contribution in [3.63, 3.8) is 0 Å². The minimum atomic E-state index is -0.490. The van der Waals surface area contributed by atoms with Crippen LogP contribution in [0.5, 0.6) is 0 Å². The fraction of sp³-hybridized carbons (Fsp3) is 0.407. The number of nitrogens with zero attached hydrogens (tertiary/aromatic N) is 2. The van der Waals surface area contributed by atoms with Gasteiger partial charge in [0.2, 0.25) is 11.8 Å². The number of ether oxygens (including phenoxy) is 1. The fourth-order valence-corrected chi connectivity index (χ4v) is 5.32. The highest BCUT2D eigenvalue weighted by Gasteiger charge is 2.48. The molecule has 2 aliphatic rings. The molecule has 1 aromatic heterocycles. The summed E-state index contributed by atoms with van der Waals surface area (Å²) in [5.74, 6) is 0.463. The highest BCUT2D eigenvalue weighted by Crippen LogP contribution is 2.42. The number of hydrogen-bond acceptors (Lipinski definition) is 3. The van der Waals surface area contributed by atoms with Crippen LogP contribution in [0.2, 0.25) is 0 Å². The van der Waals surface area contributed by atoms with E-state index >= 15 is 0 Å². The van der Waals surface area contributed by atoms with E-state index in [0.717, 1.165) is 34.1 Å². The second-order valence-corrected chi connectivity index (χ2v) is 9.41. The predicted octanol–water partition coefficient (Wildman–Crippen LogP) is 4.01. The van der Waals surface area contributed by atoms with Gasteiger partial charge >= 0.3 is 0 Å². The summed E-state index contributed by atoms with van der Waals surface area (Å²) in [6.07, 6.45) is 1.26. The Bertz CT molecular complexity index is 1180. The molecular weight excluding hydrogens is 414 g/mol. The number of piperazine rings is 1. The van der Waals surface area contributed by atoms with Crippen molar-refractivity contribution >= 4 is 22.7 Å². The van der Waals surface area contributed by atoms with E-state index in [1.54, 1.807) is 12.0 Å². The number of carbonyl (C=O) groups excluding carboxylic acids is 2. The van der Waals surface area contributed by atoms with Gasteiger partial charge in [0.1, 0.15) is 6.04 Å². The number of carbonyl (C=O) groups is 2. The van der Waals surface area contributed by atoms with E-state index in [1.165, 1.54) is 5.56 Å². The van der Waals surface area contributed by atoms with Crippen LogP contribution in [0.4, 0.5) is 0 Å². The Hall–Kier alpha value is -3.12. The summed E-state index contributed by atoms with van der Waals surface area (Å²) < 4.78 is 5.15. The summed E-state index contributed by atoms with van der Waals surface area (Å²) in [4.78, 5) is 34.2. The van der Waals surface area contributed by atoms with Crippen molar-refractivity contribution < 1.29 is 14.3 Å². The van der Waals surface area contributed by atoms with Crippen molar-refractivity contribution in [2.75, 3.05) is 26.8 Å². The van der Waals surface area contributed by atoms with E-state index in [-0.39, 0.29) is 24.4 Å². The number of nitrogens with one attached hydrogen (secondary N) is 1. The molecular formula is C27H31N3O3. The molecule has 33 heavy (non-hydrogen) atoms. The van der Waals surface area contributed by atoms with E-state index in [0.29, 0.717) is 25.5 Å². The van der Waals surface area contributed by atoms with Crippen LogP contribution >= 0.6 is 0 Å². The molecule has 6 nitrogen and oxygen atoms in total. The Morgan fingerprint density at radius 1 is 1.09 bits per heavy atom. The Kier molecular flexibility index (Phi) is 5.71. The van der Waals surface area contributed by atoms with Crippen molar-refractivity contribution in [3.8, 4) is 0 Å². The molecule has 6 heteroatoms. The summed E-state index contributed by atoms with van der Waals surface area (Å²) in [5.41, 5.74) is 5.51. The number of rotatable bonds is 6. The molecule has 2 atom stereocenters. The lowest BCUT2D eigenvalue weighted by Gasteiger charge is -2.47. The lowest BCUT2D eigenvalue weighted by atomic mass is 9.85. The number of para-hydroxylation sites is 1. The molecule has 1 fully saturated rings. The molecule has 0 bridgehead atoms. The minimum absolute atomic E-state index is 0.000686. The second-order valence-electron chi connectivity index (χ2n) is 9.41. The maximum atomic E-state index is 13.6. The lowest BCUT2D eigenvalue weighted by Crippen LogP contribution is -2.63. The van der Waals surface area contributed by atoms with Gasteiger partial charge in [-0.1, -0.05) is 56.3 Å². The Morgan fingerprint density at radius 2 is 1.85 bits per heavy atom. The van der Waals surface area contributed by atoms with E-state index < -0.39 is 6.04 Å². The number of aromatic nitrogens is 1. The molecule has 3 heterocycles. The van der Waals surface area contributed by atoms with Crippen LogP contribution in [0.1, 0.15) is 54.6 Å². The van der Waals surface area contributed by atoms with Crippen LogP contribution in [0.15, 0.2) is 48.5 Å². The average molecular weight is 446 g/mol. The number of benzene rings is 2. The smallest absolute Gasteiger partial charge is 0.246 e. The van der Waals surface area contributed by atoms with Crippen LogP contribution in [0.25, 0.3) is 10.9 Å². The molecule has 172 valence electrons. The monoisotopic (exact) mass is 445 g/mol. The third-order valence-corrected chi connectivity index (χ3v) is 7.04. The number of fused-ring (bicyclic) bond motifs is 4. The third kappa shape index (κ3) is 3.72. The van der Waals surface area contributed by atoms with Gasteiger partial charge in [0.25, 0.3) is 0 Å². The van der Waals surface area contributed by atoms with Crippen molar-refractivity contribution in [3.05, 3.63) is 70.9 Å². The standard InChI is InChI=1S/C27H31N3O3/c1-17(2)18-9-11-19(12-10-18)26-25-21(20-7-4-5-8-22(20)28-25)15-23-27(32)29(13-6-14-33-3)16-24(31)30(23)26/h4-5,7-12,17,23,26,28H,6,13-16H2,1-3H3/t23-,26+/m0/s1. The zero-order valence-corrected chi connectivity index (χ0v) is 19.5. The van der Waals surface area contributed by atoms with Gasteiger partial charge in [0.15, 0.2) is 0 Å². The first-order valence-electron chi connectivity index (χ1n) is 11.8. The Morgan fingerprint density at radius 3 is 2.58 bits per heavy atom. The zero-order valence-electron chi connectivity index (χ0n) is 19.5. The first-order valence-corrected chi connectivity index (χ1v) is 11.8. The van der Waals surface area contributed by atoms with Crippen molar-refractivity contribution in [2.45, 2.75) is 44.7 Å². The van der Waals surface area contributed by atoms with Crippen molar-refractivity contribution in [1.29, 1.82) is 0 Å². The van der Waals surface area contributed by atoms with E-state index in [2.05, 4.69) is 55.2 Å². The van der Waals surface area contributed by atoms with Crippen LogP contribution < -0.4 is 0 Å². The maximum absolute atomic E-state index is 13.6. The fourth-order valence-electron chi connectivity index (χ4n) is 5.32. The summed E-state index contributed by atoms with van der Waals surface area (Å²) in [5, 5.41) is 1.13. The van der Waals surface area contributed by atoms with Gasteiger partial charge in [0, 0.05) is 43.3 Å². The summed E-state index contributed by atoms with van der Waals surface area (Å²) >= 11 is 0. The van der Waals surface area contributed by atoms with E-state index in [1.807, 2.05) is 17.0 Å². The highest BCUT2D eigenvalue weighted by molar-refractivity contribution is 5.97. The minimum Gasteiger partial charge on any atom is -0.385 e. The Labute approximate surface area is 194 Å². The van der Waals surface area contributed by atoms with Gasteiger partial charge < -0.3 is 19.5 Å². The van der Waals surface area contributed by atoms with Crippen molar-refractivity contribution in [1.82, 2.24) is 14.8 Å². The third-order valence-electron chi connectivity index (χ3n) is 7.04. The molecule has 1 saturated heterocycles. The van der Waals surface area contributed by atoms with Gasteiger partial charge in [-0.05, 0) is 35.1 Å². The first-order chi connectivity index (χ1) is 16.0. The molecule has 2 amide bonds. The number of aromatic amines is 1. The summed E-state index contributed by atoms with van der Waals surface area (Å²) in [7, 11) is 1.65. The zero-order chi connectivity index (χ0) is 23.1. The summed E-state index contributed by atoms with van der Waals surface area (Å²) in [6.45, 7) is 5.58. The van der Waals surface area contributed by atoms with Crippen LogP contribution in [-0.2, 0) is 20.7 Å². The van der Waals surface area contributed by atoms with Crippen LogP contribution in [0.3, 0.4) is 0 Å². The lowest BCUT2D eigenvalue weighted by molar-refractivity contribution is -0.158. The highest BCUT2D eigenvalue weighted by atomic mass is 16.5. The number of H-pyrrole nitrogens is 1. The van der Waals surface area contributed by atoms with Gasteiger partial charge in [-0.25, -0.2) is 0 Å². The van der Waals surface area contributed by atoms with Gasteiger partial charge in [-0.15, -0.1) is 0 Å². The summed E-state index contributed by atoms with van der Waals surface area (Å²) in [6, 6.07) is 15.9. The molecule has 3 aromatic rings. The number of methoxy groups -OCH3 is 1.